The first-order chi connectivity index (χ1) is 7.38. The van der Waals surface area contributed by atoms with Crippen molar-refractivity contribution < 1.29 is 9.47 Å². The average Bonchev–Trinajstić information content (AvgIpc) is 2.26. The van der Waals surface area contributed by atoms with Gasteiger partial charge in [-0.05, 0) is 23.1 Å². The maximum Gasteiger partial charge on any atom is 0.122 e. The molecular formula is C13H21NO2. The van der Waals surface area contributed by atoms with E-state index in [4.69, 9.17) is 15.2 Å². The number of nitrogens with two attached hydrogens (primary N) is 1. The van der Waals surface area contributed by atoms with E-state index in [0.717, 1.165) is 17.1 Å². The smallest absolute Gasteiger partial charge is 0.122 e. The van der Waals surface area contributed by atoms with Crippen LogP contribution in [0.2, 0.25) is 0 Å². The summed E-state index contributed by atoms with van der Waals surface area (Å²) in [4.78, 5) is 0. The monoisotopic (exact) mass is 223 g/mol. The molecule has 0 bridgehead atoms. The third-order valence-corrected chi connectivity index (χ3v) is 2.67. The molecule has 0 heterocycles. The first-order valence-electron chi connectivity index (χ1n) is 5.37. The lowest BCUT2D eigenvalue weighted by molar-refractivity contribution is 0.323. The molecular weight excluding hydrogens is 202 g/mol. The summed E-state index contributed by atoms with van der Waals surface area (Å²) in [6.45, 7) is 6.34. The van der Waals surface area contributed by atoms with E-state index in [9.17, 15) is 0 Å². The average molecular weight is 223 g/mol. The third-order valence-electron chi connectivity index (χ3n) is 2.67. The lowest BCUT2D eigenvalue weighted by Crippen LogP contribution is -2.26. The molecule has 1 aromatic carbocycles. The fraction of sp³-hybridized carbons (Fsp3) is 0.538. The summed E-state index contributed by atoms with van der Waals surface area (Å²) in [5, 5.41) is 0. The van der Waals surface area contributed by atoms with Gasteiger partial charge < -0.3 is 15.2 Å². The van der Waals surface area contributed by atoms with Crippen LogP contribution in [0.4, 0.5) is 0 Å². The summed E-state index contributed by atoms with van der Waals surface area (Å²) in [5.74, 6) is 1.54. The van der Waals surface area contributed by atoms with Crippen molar-refractivity contribution in [2.45, 2.75) is 26.8 Å². The quantitative estimate of drug-likeness (QED) is 0.857. The highest BCUT2D eigenvalue weighted by atomic mass is 16.5. The number of benzene rings is 1. The molecule has 0 saturated carbocycles. The molecule has 0 aliphatic rings. The SMILES string of the molecule is COc1cc(OC)cc([C@@H](N)C(C)(C)C)c1. The van der Waals surface area contributed by atoms with E-state index in [0.29, 0.717) is 0 Å². The van der Waals surface area contributed by atoms with E-state index in [1.165, 1.54) is 0 Å². The third kappa shape index (κ3) is 2.89. The summed E-state index contributed by atoms with van der Waals surface area (Å²) in [6, 6.07) is 5.71. The summed E-state index contributed by atoms with van der Waals surface area (Å²) in [5.41, 5.74) is 7.25. The molecule has 3 heteroatoms. The minimum atomic E-state index is -0.0449. The highest BCUT2D eigenvalue weighted by Crippen LogP contribution is 2.34. The molecule has 1 aromatic rings. The molecule has 2 N–H and O–H groups in total. The largest absolute Gasteiger partial charge is 0.497 e. The maximum atomic E-state index is 6.21. The van der Waals surface area contributed by atoms with Crippen molar-refractivity contribution in [3.63, 3.8) is 0 Å². The molecule has 1 atom stereocenters. The van der Waals surface area contributed by atoms with Crippen molar-refractivity contribution in [2.75, 3.05) is 14.2 Å². The van der Waals surface area contributed by atoms with Gasteiger partial charge in [-0.1, -0.05) is 20.8 Å². The van der Waals surface area contributed by atoms with E-state index in [1.807, 2.05) is 18.2 Å². The number of rotatable bonds is 3. The first kappa shape index (κ1) is 12.8. The van der Waals surface area contributed by atoms with E-state index in [-0.39, 0.29) is 11.5 Å². The van der Waals surface area contributed by atoms with Crippen molar-refractivity contribution in [2.24, 2.45) is 11.1 Å². The number of methoxy groups -OCH3 is 2. The molecule has 3 nitrogen and oxygen atoms in total. The van der Waals surface area contributed by atoms with E-state index in [1.54, 1.807) is 14.2 Å². The van der Waals surface area contributed by atoms with Crippen LogP contribution in [0.1, 0.15) is 32.4 Å². The Hall–Kier alpha value is -1.22. The Morgan fingerprint density at radius 1 is 1.00 bits per heavy atom. The Morgan fingerprint density at radius 2 is 1.44 bits per heavy atom. The first-order valence-corrected chi connectivity index (χ1v) is 5.37. The van der Waals surface area contributed by atoms with Crippen LogP contribution >= 0.6 is 0 Å². The Kier molecular flexibility index (Phi) is 3.81. The van der Waals surface area contributed by atoms with Gasteiger partial charge in [-0.15, -0.1) is 0 Å². The van der Waals surface area contributed by atoms with Gasteiger partial charge in [0.1, 0.15) is 11.5 Å². The van der Waals surface area contributed by atoms with Gasteiger partial charge in [0.2, 0.25) is 0 Å². The second-order valence-corrected chi connectivity index (χ2v) is 4.99. The molecule has 1 rings (SSSR count). The van der Waals surface area contributed by atoms with Crippen LogP contribution in [0.15, 0.2) is 18.2 Å². The van der Waals surface area contributed by atoms with Crippen molar-refractivity contribution >= 4 is 0 Å². The van der Waals surface area contributed by atoms with Gasteiger partial charge in [0.05, 0.1) is 14.2 Å². The zero-order chi connectivity index (χ0) is 12.3. The second-order valence-electron chi connectivity index (χ2n) is 4.99. The maximum absolute atomic E-state index is 6.21. The molecule has 0 radical (unpaired) electrons. The normalized spacial score (nSPS) is 13.4. The van der Waals surface area contributed by atoms with Crippen LogP contribution < -0.4 is 15.2 Å². The summed E-state index contributed by atoms with van der Waals surface area (Å²) in [6.07, 6.45) is 0. The minimum absolute atomic E-state index is 0.0113. The molecule has 0 aliphatic heterocycles. The molecule has 0 saturated heterocycles. The van der Waals surface area contributed by atoms with Crippen LogP contribution in [0.25, 0.3) is 0 Å². The van der Waals surface area contributed by atoms with Crippen molar-refractivity contribution in [1.82, 2.24) is 0 Å². The standard InChI is InChI=1S/C13H21NO2/c1-13(2,3)12(14)9-6-10(15-4)8-11(7-9)16-5/h6-8,12H,14H2,1-5H3/t12-/m1/s1. The predicted octanol–water partition coefficient (Wildman–Crippen LogP) is 2.75. The molecule has 0 fully saturated rings. The molecule has 0 spiro atoms. The summed E-state index contributed by atoms with van der Waals surface area (Å²) in [7, 11) is 3.28. The summed E-state index contributed by atoms with van der Waals surface area (Å²) < 4.78 is 10.4. The predicted molar refractivity (Wildman–Crippen MR) is 65.9 cm³/mol. The van der Waals surface area contributed by atoms with E-state index < -0.39 is 0 Å². The van der Waals surface area contributed by atoms with Gasteiger partial charge in [0.15, 0.2) is 0 Å². The van der Waals surface area contributed by atoms with Gasteiger partial charge >= 0.3 is 0 Å². The topological polar surface area (TPSA) is 44.5 Å². The minimum Gasteiger partial charge on any atom is -0.497 e. The van der Waals surface area contributed by atoms with Gasteiger partial charge in [0, 0.05) is 12.1 Å². The Morgan fingerprint density at radius 3 is 1.75 bits per heavy atom. The van der Waals surface area contributed by atoms with E-state index in [2.05, 4.69) is 20.8 Å². The van der Waals surface area contributed by atoms with Crippen LogP contribution in [0, 0.1) is 5.41 Å². The van der Waals surface area contributed by atoms with Crippen LogP contribution in [-0.4, -0.2) is 14.2 Å². The van der Waals surface area contributed by atoms with Crippen LogP contribution in [-0.2, 0) is 0 Å². The fourth-order valence-electron chi connectivity index (χ4n) is 1.51. The highest BCUT2D eigenvalue weighted by Gasteiger charge is 2.23. The molecule has 90 valence electrons. The van der Waals surface area contributed by atoms with Crippen molar-refractivity contribution in [3.8, 4) is 11.5 Å². The van der Waals surface area contributed by atoms with Crippen molar-refractivity contribution in [1.29, 1.82) is 0 Å². The zero-order valence-corrected chi connectivity index (χ0v) is 10.7. The summed E-state index contributed by atoms with van der Waals surface area (Å²) >= 11 is 0. The highest BCUT2D eigenvalue weighted by molar-refractivity contribution is 5.40. The Balaban J connectivity index is 3.13. The molecule has 0 unspecified atom stereocenters. The van der Waals surface area contributed by atoms with Gasteiger partial charge in [-0.25, -0.2) is 0 Å². The number of hydrogen-bond donors (Lipinski definition) is 1. The van der Waals surface area contributed by atoms with Crippen LogP contribution in [0.5, 0.6) is 11.5 Å². The van der Waals surface area contributed by atoms with Gasteiger partial charge in [-0.2, -0.15) is 0 Å². The van der Waals surface area contributed by atoms with E-state index >= 15 is 0 Å². The molecule has 16 heavy (non-hydrogen) atoms. The van der Waals surface area contributed by atoms with Gasteiger partial charge in [-0.3, -0.25) is 0 Å². The second kappa shape index (κ2) is 4.74. The van der Waals surface area contributed by atoms with Crippen LogP contribution in [0.3, 0.4) is 0 Å². The lowest BCUT2D eigenvalue weighted by atomic mass is 9.83. The Labute approximate surface area is 97.6 Å². The number of hydrogen-bond acceptors (Lipinski definition) is 3. The zero-order valence-electron chi connectivity index (χ0n) is 10.7. The molecule has 0 aromatic heterocycles. The van der Waals surface area contributed by atoms with Crippen molar-refractivity contribution in [3.05, 3.63) is 23.8 Å². The van der Waals surface area contributed by atoms with Gasteiger partial charge in [0.25, 0.3) is 0 Å². The molecule has 0 aliphatic carbocycles. The Bertz CT molecular complexity index is 333. The number of ether oxygens (including phenoxy) is 2. The molecule has 0 amide bonds. The fourth-order valence-corrected chi connectivity index (χ4v) is 1.51. The lowest BCUT2D eigenvalue weighted by Gasteiger charge is -2.27.